The summed E-state index contributed by atoms with van der Waals surface area (Å²) in [5, 5.41) is 3.73. The van der Waals surface area contributed by atoms with Crippen molar-refractivity contribution in [3.8, 4) is 5.75 Å². The van der Waals surface area contributed by atoms with Crippen LogP contribution in [0.1, 0.15) is 50.2 Å². The fraction of sp³-hybridized carbons (Fsp3) is 0.440. The van der Waals surface area contributed by atoms with E-state index >= 15 is 0 Å². The third-order valence-corrected chi connectivity index (χ3v) is 6.66. The van der Waals surface area contributed by atoms with Crippen LogP contribution in [0.3, 0.4) is 0 Å². The second kappa shape index (κ2) is 11.7. The standard InChI is InChI=1S/C25H30BrClN2O3/c1-3-22(25(31)28-20-6-4-5-7-20)29(15-18-10-8-17(2)9-11-18)24(30)16-32-23-13-12-19(27)14-21(23)26/h8-14,20,22H,3-7,15-16H2,1-2H3,(H,28,31)/t22-/m0/s1. The lowest BCUT2D eigenvalue weighted by Gasteiger charge is -2.31. The second-order valence-electron chi connectivity index (χ2n) is 8.28. The highest BCUT2D eigenvalue weighted by molar-refractivity contribution is 9.10. The Morgan fingerprint density at radius 3 is 2.50 bits per heavy atom. The number of nitrogens with one attached hydrogen (secondary N) is 1. The molecule has 2 amide bonds. The van der Waals surface area contributed by atoms with Crippen LogP contribution < -0.4 is 10.1 Å². The van der Waals surface area contributed by atoms with Crippen molar-refractivity contribution in [2.45, 2.75) is 64.6 Å². The van der Waals surface area contributed by atoms with E-state index in [0.717, 1.165) is 36.8 Å². The van der Waals surface area contributed by atoms with E-state index in [2.05, 4.69) is 21.2 Å². The zero-order valence-electron chi connectivity index (χ0n) is 18.6. The van der Waals surface area contributed by atoms with Crippen molar-refractivity contribution in [3.63, 3.8) is 0 Å². The van der Waals surface area contributed by atoms with E-state index in [1.165, 1.54) is 0 Å². The van der Waals surface area contributed by atoms with E-state index in [1.807, 2.05) is 38.1 Å². The Kier molecular flexibility index (Phi) is 9.00. The summed E-state index contributed by atoms with van der Waals surface area (Å²) < 4.78 is 6.45. The molecular weight excluding hydrogens is 492 g/mol. The average Bonchev–Trinajstić information content (AvgIpc) is 3.27. The Morgan fingerprint density at radius 2 is 1.88 bits per heavy atom. The molecular formula is C25H30BrClN2O3. The summed E-state index contributed by atoms with van der Waals surface area (Å²) in [6.07, 6.45) is 4.81. The van der Waals surface area contributed by atoms with Crippen molar-refractivity contribution in [2.24, 2.45) is 0 Å². The van der Waals surface area contributed by atoms with Crippen LogP contribution in [0.5, 0.6) is 5.75 Å². The lowest BCUT2D eigenvalue weighted by Crippen LogP contribution is -2.52. The maximum atomic E-state index is 13.3. The quantitative estimate of drug-likeness (QED) is 0.463. The SMILES string of the molecule is CC[C@@H](C(=O)NC1CCCC1)N(Cc1ccc(C)cc1)C(=O)COc1ccc(Cl)cc1Br. The van der Waals surface area contributed by atoms with E-state index in [0.29, 0.717) is 28.2 Å². The Bertz CT molecular complexity index is 929. The first-order valence-corrected chi connectivity index (χ1v) is 12.3. The monoisotopic (exact) mass is 520 g/mol. The van der Waals surface area contributed by atoms with E-state index in [1.54, 1.807) is 23.1 Å². The molecule has 1 atom stereocenters. The van der Waals surface area contributed by atoms with E-state index in [9.17, 15) is 9.59 Å². The van der Waals surface area contributed by atoms with Crippen LogP contribution in [0.4, 0.5) is 0 Å². The summed E-state index contributed by atoms with van der Waals surface area (Å²) in [4.78, 5) is 28.0. The van der Waals surface area contributed by atoms with Gasteiger partial charge in [0.05, 0.1) is 4.47 Å². The lowest BCUT2D eigenvalue weighted by molar-refractivity contribution is -0.143. The summed E-state index contributed by atoms with van der Waals surface area (Å²) in [6.45, 7) is 4.14. The van der Waals surface area contributed by atoms with Crippen molar-refractivity contribution in [3.05, 3.63) is 63.1 Å². The van der Waals surface area contributed by atoms with Crippen LogP contribution in [0.2, 0.25) is 5.02 Å². The van der Waals surface area contributed by atoms with Gasteiger partial charge in [0.25, 0.3) is 5.91 Å². The van der Waals surface area contributed by atoms with Gasteiger partial charge in [-0.1, -0.05) is 61.2 Å². The summed E-state index contributed by atoms with van der Waals surface area (Å²) >= 11 is 9.40. The number of rotatable bonds is 9. The summed E-state index contributed by atoms with van der Waals surface area (Å²) in [5.41, 5.74) is 2.12. The number of amides is 2. The van der Waals surface area contributed by atoms with Crippen LogP contribution >= 0.6 is 27.5 Å². The molecule has 3 rings (SSSR count). The van der Waals surface area contributed by atoms with Crippen LogP contribution in [0.25, 0.3) is 0 Å². The number of carbonyl (C=O) groups excluding carboxylic acids is 2. The zero-order valence-corrected chi connectivity index (χ0v) is 20.9. The number of nitrogens with zero attached hydrogens (tertiary/aromatic N) is 1. The van der Waals surface area contributed by atoms with Crippen molar-refractivity contribution in [1.82, 2.24) is 10.2 Å². The highest BCUT2D eigenvalue weighted by Crippen LogP contribution is 2.28. The Morgan fingerprint density at radius 1 is 1.19 bits per heavy atom. The van der Waals surface area contributed by atoms with Crippen LogP contribution in [-0.2, 0) is 16.1 Å². The molecule has 0 spiro atoms. The smallest absolute Gasteiger partial charge is 0.261 e. The van der Waals surface area contributed by atoms with Crippen molar-refractivity contribution in [1.29, 1.82) is 0 Å². The number of aryl methyl sites for hydroxylation is 1. The number of benzene rings is 2. The minimum atomic E-state index is -0.554. The Balaban J connectivity index is 1.76. The molecule has 2 aromatic carbocycles. The third-order valence-electron chi connectivity index (χ3n) is 5.81. The summed E-state index contributed by atoms with van der Waals surface area (Å²) in [6, 6.07) is 12.8. The van der Waals surface area contributed by atoms with Gasteiger partial charge in [0.15, 0.2) is 6.61 Å². The first-order valence-electron chi connectivity index (χ1n) is 11.1. The first-order chi connectivity index (χ1) is 15.4. The Labute approximate surface area is 203 Å². The molecule has 0 aromatic heterocycles. The van der Waals surface area contributed by atoms with E-state index in [4.69, 9.17) is 16.3 Å². The molecule has 32 heavy (non-hydrogen) atoms. The maximum absolute atomic E-state index is 13.3. The third kappa shape index (κ3) is 6.72. The molecule has 0 radical (unpaired) electrons. The Hall–Kier alpha value is -2.05. The molecule has 1 aliphatic rings. The topological polar surface area (TPSA) is 58.6 Å². The van der Waals surface area contributed by atoms with Gasteiger partial charge in [-0.15, -0.1) is 0 Å². The van der Waals surface area contributed by atoms with Crippen molar-refractivity contribution < 1.29 is 14.3 Å². The highest BCUT2D eigenvalue weighted by atomic mass is 79.9. The van der Waals surface area contributed by atoms with Gasteiger partial charge < -0.3 is 15.0 Å². The largest absolute Gasteiger partial charge is 0.483 e. The molecule has 0 unspecified atom stereocenters. The number of ether oxygens (including phenoxy) is 1. The highest BCUT2D eigenvalue weighted by Gasteiger charge is 2.31. The normalized spacial score (nSPS) is 14.8. The van der Waals surface area contributed by atoms with Gasteiger partial charge in [-0.25, -0.2) is 0 Å². The van der Waals surface area contributed by atoms with Crippen LogP contribution in [0, 0.1) is 6.92 Å². The zero-order chi connectivity index (χ0) is 23.1. The molecule has 2 aromatic rings. The second-order valence-corrected chi connectivity index (χ2v) is 9.58. The fourth-order valence-corrected chi connectivity index (χ4v) is 4.79. The molecule has 0 aliphatic heterocycles. The molecule has 0 bridgehead atoms. The first kappa shape index (κ1) is 24.6. The van der Waals surface area contributed by atoms with Gasteiger partial charge in [0.1, 0.15) is 11.8 Å². The van der Waals surface area contributed by atoms with Gasteiger partial charge in [-0.3, -0.25) is 9.59 Å². The van der Waals surface area contributed by atoms with E-state index < -0.39 is 6.04 Å². The molecule has 1 fully saturated rings. The fourth-order valence-electron chi connectivity index (χ4n) is 3.99. The van der Waals surface area contributed by atoms with Gasteiger partial charge >= 0.3 is 0 Å². The predicted octanol–water partition coefficient (Wildman–Crippen LogP) is 5.66. The summed E-state index contributed by atoms with van der Waals surface area (Å²) in [7, 11) is 0. The molecule has 172 valence electrons. The van der Waals surface area contributed by atoms with Crippen molar-refractivity contribution in [2.75, 3.05) is 6.61 Å². The van der Waals surface area contributed by atoms with Crippen LogP contribution in [0.15, 0.2) is 46.9 Å². The maximum Gasteiger partial charge on any atom is 0.261 e. The minimum Gasteiger partial charge on any atom is -0.483 e. The van der Waals surface area contributed by atoms with Gasteiger partial charge in [0, 0.05) is 17.6 Å². The number of hydrogen-bond donors (Lipinski definition) is 1. The number of halogens is 2. The number of carbonyl (C=O) groups is 2. The van der Waals surface area contributed by atoms with Gasteiger partial charge in [-0.05, 0) is 65.9 Å². The van der Waals surface area contributed by atoms with E-state index in [-0.39, 0.29) is 24.5 Å². The van der Waals surface area contributed by atoms with Crippen LogP contribution in [-0.4, -0.2) is 35.4 Å². The molecule has 1 N–H and O–H groups in total. The molecule has 0 saturated heterocycles. The molecule has 0 heterocycles. The van der Waals surface area contributed by atoms with Gasteiger partial charge in [0.2, 0.25) is 5.91 Å². The molecule has 1 aliphatic carbocycles. The molecule has 1 saturated carbocycles. The molecule has 5 nitrogen and oxygen atoms in total. The lowest BCUT2D eigenvalue weighted by atomic mass is 10.1. The molecule has 7 heteroatoms. The minimum absolute atomic E-state index is 0.0902. The summed E-state index contributed by atoms with van der Waals surface area (Å²) in [5.74, 6) is 0.204. The van der Waals surface area contributed by atoms with Crippen molar-refractivity contribution >= 4 is 39.3 Å². The van der Waals surface area contributed by atoms with Gasteiger partial charge in [-0.2, -0.15) is 0 Å². The average molecular weight is 522 g/mol. The number of hydrogen-bond acceptors (Lipinski definition) is 3. The predicted molar refractivity (Wildman–Crippen MR) is 131 cm³/mol.